The van der Waals surface area contributed by atoms with E-state index < -0.39 is 11.1 Å². The molecule has 36 heavy (non-hydrogen) atoms. The normalized spacial score (nSPS) is 14.6. The van der Waals surface area contributed by atoms with E-state index >= 15 is 0 Å². The van der Waals surface area contributed by atoms with E-state index in [0.29, 0.717) is 26.4 Å². The van der Waals surface area contributed by atoms with Gasteiger partial charge in [0.2, 0.25) is 0 Å². The van der Waals surface area contributed by atoms with E-state index in [0.717, 1.165) is 22.2 Å². The first kappa shape index (κ1) is 27.0. The number of carbonyl (C=O) groups is 2. The number of hydrogen-bond donors (Lipinski definition) is 0. The fourth-order valence-corrected chi connectivity index (χ4v) is 5.23. The predicted molar refractivity (Wildman–Crippen MR) is 147 cm³/mol. The Balaban J connectivity index is 1.41. The molecule has 0 spiro atoms. The van der Waals surface area contributed by atoms with Crippen LogP contribution in [0.4, 0.5) is 4.79 Å². The molecule has 0 bridgehead atoms. The maximum atomic E-state index is 12.8. The van der Waals surface area contributed by atoms with Crippen LogP contribution < -0.4 is 9.47 Å². The molecule has 11 heteroatoms. The van der Waals surface area contributed by atoms with E-state index in [4.69, 9.17) is 67.5 Å². The number of nitrogens with zero attached hydrogens (tertiary/aromatic N) is 1. The van der Waals surface area contributed by atoms with Crippen LogP contribution in [0.3, 0.4) is 0 Å². The van der Waals surface area contributed by atoms with E-state index in [9.17, 15) is 9.59 Å². The minimum atomic E-state index is -0.431. The van der Waals surface area contributed by atoms with Crippen LogP contribution in [0.15, 0.2) is 59.5 Å². The maximum absolute atomic E-state index is 12.8. The molecule has 1 heterocycles. The van der Waals surface area contributed by atoms with Crippen molar-refractivity contribution in [3.05, 3.63) is 95.7 Å². The fraction of sp³-hybridized carbons (Fsp3) is 0.120. The molecule has 0 saturated carbocycles. The second kappa shape index (κ2) is 12.0. The van der Waals surface area contributed by atoms with Crippen molar-refractivity contribution in [2.45, 2.75) is 6.61 Å². The molecular formula is C25H16Cl5NO4S. The lowest BCUT2D eigenvalue weighted by Gasteiger charge is -2.14. The number of ether oxygens (including phenoxy) is 2. The fourth-order valence-electron chi connectivity index (χ4n) is 3.24. The van der Waals surface area contributed by atoms with Crippen molar-refractivity contribution in [3.63, 3.8) is 0 Å². The summed E-state index contributed by atoms with van der Waals surface area (Å²) in [5.41, 5.74) is 1.33. The molecular weight excluding hydrogens is 588 g/mol. The molecule has 3 aromatic carbocycles. The first-order chi connectivity index (χ1) is 17.2. The van der Waals surface area contributed by atoms with Gasteiger partial charge < -0.3 is 9.47 Å². The van der Waals surface area contributed by atoms with Crippen molar-refractivity contribution in [3.8, 4) is 11.5 Å². The second-order valence-electron chi connectivity index (χ2n) is 7.46. The highest BCUT2D eigenvalue weighted by Crippen LogP contribution is 2.38. The van der Waals surface area contributed by atoms with Gasteiger partial charge in [0.05, 0.1) is 36.6 Å². The summed E-state index contributed by atoms with van der Waals surface area (Å²) in [6.45, 7) is 0.360. The number of thioether (sulfide) groups is 1. The molecule has 4 rings (SSSR count). The van der Waals surface area contributed by atoms with Crippen LogP contribution in [-0.4, -0.2) is 29.2 Å². The molecule has 0 radical (unpaired) electrons. The molecule has 0 aromatic heterocycles. The van der Waals surface area contributed by atoms with Crippen LogP contribution in [0.1, 0.15) is 11.1 Å². The van der Waals surface area contributed by atoms with Crippen molar-refractivity contribution in [2.24, 2.45) is 0 Å². The van der Waals surface area contributed by atoms with Crippen molar-refractivity contribution in [1.29, 1.82) is 0 Å². The summed E-state index contributed by atoms with van der Waals surface area (Å²) >= 11 is 31.7. The van der Waals surface area contributed by atoms with Crippen LogP contribution in [0.2, 0.25) is 25.1 Å². The molecule has 186 valence electrons. The summed E-state index contributed by atoms with van der Waals surface area (Å²) in [4.78, 5) is 26.6. The number of imide groups is 1. The van der Waals surface area contributed by atoms with Gasteiger partial charge in [-0.3, -0.25) is 14.5 Å². The topological polar surface area (TPSA) is 55.8 Å². The first-order valence-corrected chi connectivity index (χ1v) is 13.1. The number of carbonyl (C=O) groups excluding carboxylic acids is 2. The highest BCUT2D eigenvalue weighted by Gasteiger charge is 2.35. The molecule has 1 aliphatic heterocycles. The van der Waals surface area contributed by atoms with Crippen molar-refractivity contribution in [2.75, 3.05) is 13.2 Å². The predicted octanol–water partition coefficient (Wildman–Crippen LogP) is 8.65. The third-order valence-corrected chi connectivity index (χ3v) is 7.49. The average Bonchev–Trinajstić information content (AvgIpc) is 3.09. The molecule has 0 atom stereocenters. The molecule has 5 nitrogen and oxygen atoms in total. The Hall–Kier alpha value is -2.06. The molecule has 1 fully saturated rings. The Labute approximate surface area is 236 Å². The van der Waals surface area contributed by atoms with Gasteiger partial charge in [0.25, 0.3) is 11.1 Å². The standard InChI is InChI=1S/C25H16Cl5NO4S/c26-16-6-5-14(9-18(16)28)13-35-23-19(29)10-15(11-20(23)30)12-22-24(32)31(25(33)36-22)7-8-34-21-4-2-1-3-17(21)27/h1-6,9-12H,7-8,13H2/b22-12-. The van der Waals surface area contributed by atoms with E-state index in [-0.39, 0.29) is 40.5 Å². The molecule has 1 saturated heterocycles. The number of amides is 2. The molecule has 0 unspecified atom stereocenters. The smallest absolute Gasteiger partial charge is 0.293 e. The van der Waals surface area contributed by atoms with E-state index in [2.05, 4.69) is 0 Å². The lowest BCUT2D eigenvalue weighted by atomic mass is 10.2. The van der Waals surface area contributed by atoms with Gasteiger partial charge in [-0.2, -0.15) is 0 Å². The SMILES string of the molecule is O=C1S/C(=C\c2cc(Cl)c(OCc3ccc(Cl)c(Cl)c3)c(Cl)c2)C(=O)N1CCOc1ccccc1Cl. The quantitative estimate of drug-likeness (QED) is 0.241. The van der Waals surface area contributed by atoms with Gasteiger partial charge in [-0.05, 0) is 65.4 Å². The van der Waals surface area contributed by atoms with Gasteiger partial charge in [-0.25, -0.2) is 0 Å². The summed E-state index contributed by atoms with van der Waals surface area (Å²) in [5.74, 6) is 0.332. The lowest BCUT2D eigenvalue weighted by molar-refractivity contribution is -0.123. The van der Waals surface area contributed by atoms with Gasteiger partial charge in [-0.15, -0.1) is 0 Å². The molecule has 0 N–H and O–H groups in total. The average molecular weight is 604 g/mol. The monoisotopic (exact) mass is 601 g/mol. The maximum Gasteiger partial charge on any atom is 0.293 e. The summed E-state index contributed by atoms with van der Waals surface area (Å²) in [6.07, 6.45) is 1.56. The zero-order valence-corrected chi connectivity index (χ0v) is 22.9. The van der Waals surface area contributed by atoms with Gasteiger partial charge in [0.1, 0.15) is 19.0 Å². The van der Waals surface area contributed by atoms with Crippen LogP contribution in [0.25, 0.3) is 6.08 Å². The zero-order chi connectivity index (χ0) is 25.8. The number of halogens is 5. The zero-order valence-electron chi connectivity index (χ0n) is 18.3. The first-order valence-electron chi connectivity index (χ1n) is 10.4. The Morgan fingerprint density at radius 2 is 1.53 bits per heavy atom. The van der Waals surface area contributed by atoms with E-state index in [1.165, 1.54) is 0 Å². The Kier molecular flexibility index (Phi) is 8.99. The minimum absolute atomic E-state index is 0.0796. The van der Waals surface area contributed by atoms with E-state index in [1.807, 2.05) is 0 Å². The van der Waals surface area contributed by atoms with Crippen molar-refractivity contribution < 1.29 is 19.1 Å². The molecule has 2 amide bonds. The summed E-state index contributed by atoms with van der Waals surface area (Å²) in [7, 11) is 0. The largest absolute Gasteiger partial charge is 0.490 e. The highest BCUT2D eigenvalue weighted by molar-refractivity contribution is 8.18. The molecule has 1 aliphatic rings. The second-order valence-corrected chi connectivity index (χ2v) is 10.5. The Morgan fingerprint density at radius 3 is 2.22 bits per heavy atom. The van der Waals surface area contributed by atoms with Crippen molar-refractivity contribution >= 4 is 87.0 Å². The van der Waals surface area contributed by atoms with E-state index in [1.54, 1.807) is 60.7 Å². The lowest BCUT2D eigenvalue weighted by Crippen LogP contribution is -2.32. The van der Waals surface area contributed by atoms with Crippen LogP contribution in [0.5, 0.6) is 11.5 Å². The number of benzene rings is 3. The van der Waals surface area contributed by atoms with Gasteiger partial charge in [0.15, 0.2) is 5.75 Å². The number of para-hydroxylation sites is 1. The van der Waals surface area contributed by atoms with Gasteiger partial charge in [0, 0.05) is 0 Å². The minimum Gasteiger partial charge on any atom is -0.490 e. The molecule has 0 aliphatic carbocycles. The third kappa shape index (κ3) is 6.43. The summed E-state index contributed by atoms with van der Waals surface area (Å²) < 4.78 is 11.4. The summed E-state index contributed by atoms with van der Waals surface area (Å²) in [6, 6.07) is 15.3. The Morgan fingerprint density at radius 1 is 0.806 bits per heavy atom. The summed E-state index contributed by atoms with van der Waals surface area (Å²) in [5, 5.41) is 1.41. The highest BCUT2D eigenvalue weighted by atomic mass is 35.5. The Bertz CT molecular complexity index is 1340. The van der Waals surface area contributed by atoms with Gasteiger partial charge in [-0.1, -0.05) is 76.2 Å². The number of rotatable bonds is 8. The van der Waals surface area contributed by atoms with Crippen molar-refractivity contribution in [1.82, 2.24) is 4.90 Å². The van der Waals surface area contributed by atoms with Crippen LogP contribution in [0, 0.1) is 0 Å². The van der Waals surface area contributed by atoms with Crippen LogP contribution in [-0.2, 0) is 11.4 Å². The van der Waals surface area contributed by atoms with Crippen LogP contribution >= 0.6 is 69.8 Å². The third-order valence-electron chi connectivity index (χ3n) is 4.97. The number of hydrogen-bond acceptors (Lipinski definition) is 5. The van der Waals surface area contributed by atoms with Gasteiger partial charge >= 0.3 is 0 Å². The molecule has 3 aromatic rings.